The Balaban J connectivity index is 0.000000208. The minimum absolute atomic E-state index is 0.0363. The number of nitrogens with zero attached hydrogens (tertiary/aromatic N) is 3. The van der Waals surface area contributed by atoms with Crippen LogP contribution >= 0.6 is 0 Å². The monoisotopic (exact) mass is 742 g/mol. The molecule has 8 atom stereocenters. The maximum absolute atomic E-state index is 13.6. The molecule has 13 nitrogen and oxygen atoms in total. The molecule has 0 aromatic heterocycles. The highest BCUT2D eigenvalue weighted by molar-refractivity contribution is 5.92. The van der Waals surface area contributed by atoms with Crippen LogP contribution in [-0.2, 0) is 38.2 Å². The Morgan fingerprint density at radius 3 is 1.57 bits per heavy atom. The van der Waals surface area contributed by atoms with Gasteiger partial charge in [0.25, 0.3) is 0 Å². The Kier molecular flexibility index (Phi) is 12.1. The molecule has 2 unspecified atom stereocenters. The van der Waals surface area contributed by atoms with E-state index in [-0.39, 0.29) is 58.3 Å². The third-order valence-corrected chi connectivity index (χ3v) is 13.5. The quantitative estimate of drug-likeness (QED) is 0.156. The van der Waals surface area contributed by atoms with Gasteiger partial charge in [-0.3, -0.25) is 9.59 Å². The number of hydrogen-bond donors (Lipinski definition) is 1. The number of nitrogens with one attached hydrogen (secondary N) is 1. The summed E-state index contributed by atoms with van der Waals surface area (Å²) in [6.45, 7) is 15.0. The Morgan fingerprint density at radius 2 is 1.15 bits per heavy atom. The molecule has 4 saturated carbocycles. The molecule has 3 amide bonds. The fourth-order valence-corrected chi connectivity index (χ4v) is 10.3. The van der Waals surface area contributed by atoms with Crippen LogP contribution in [-0.4, -0.2) is 103 Å². The van der Waals surface area contributed by atoms with Crippen LogP contribution in [0.2, 0.25) is 0 Å². The highest BCUT2D eigenvalue weighted by atomic mass is 16.6. The van der Waals surface area contributed by atoms with Gasteiger partial charge in [-0.05, 0) is 81.0 Å². The highest BCUT2D eigenvalue weighted by Gasteiger charge is 2.71. The number of rotatable bonds is 8. The van der Waals surface area contributed by atoms with Crippen molar-refractivity contribution in [2.75, 3.05) is 27.3 Å². The van der Waals surface area contributed by atoms with Crippen molar-refractivity contribution >= 4 is 35.9 Å². The number of methoxy groups -OCH3 is 2. The molecule has 2 heterocycles. The van der Waals surface area contributed by atoms with Crippen LogP contribution in [0.25, 0.3) is 0 Å². The van der Waals surface area contributed by atoms with E-state index in [0.717, 1.165) is 64.2 Å². The van der Waals surface area contributed by atoms with Crippen molar-refractivity contribution in [3.05, 3.63) is 0 Å². The Labute approximate surface area is 314 Å². The lowest BCUT2D eigenvalue weighted by molar-refractivity contribution is -0.154. The van der Waals surface area contributed by atoms with Gasteiger partial charge in [0.2, 0.25) is 17.9 Å². The molecule has 6 rings (SSSR count). The average Bonchev–Trinajstić information content (AvgIpc) is 3.59. The molecule has 0 bridgehead atoms. The average molecular weight is 743 g/mol. The van der Waals surface area contributed by atoms with Crippen molar-refractivity contribution in [3.63, 3.8) is 0 Å². The van der Waals surface area contributed by atoms with E-state index in [1.807, 2.05) is 0 Å². The number of hydrogen-bond acceptors (Lipinski definition) is 10. The molecule has 53 heavy (non-hydrogen) atoms. The van der Waals surface area contributed by atoms with Gasteiger partial charge in [0.15, 0.2) is 0 Å². The number of amides is 3. The van der Waals surface area contributed by atoms with Crippen molar-refractivity contribution in [1.82, 2.24) is 15.1 Å². The zero-order valence-corrected chi connectivity index (χ0v) is 33.3. The highest BCUT2D eigenvalue weighted by Crippen LogP contribution is 2.66. The molecule has 2 saturated heterocycles. The number of isocyanates is 1. The number of carbonyl (C=O) groups excluding carboxylic acids is 6. The summed E-state index contributed by atoms with van der Waals surface area (Å²) < 4.78 is 15.4. The number of carbonyl (C=O) groups is 5. The Hall–Kier alpha value is -3.47. The van der Waals surface area contributed by atoms with E-state index in [9.17, 15) is 28.8 Å². The maximum Gasteiger partial charge on any atom is 0.408 e. The predicted octanol–water partition coefficient (Wildman–Crippen LogP) is 5.04. The zero-order chi connectivity index (χ0) is 39.0. The standard InChI is InChI=1S/C22H36N2O5.C18H26N2O4/c1-21(2,3)29-20(27)23-16(13-10-8-7-9-11-13)18(25)24-12-14-15(22(14,4)5)17(24)19(26)28-6;1-18(2)12-9-20(15(13(12)18)17(23)24-3)16(22)14(19-10-21)11-7-5-4-6-8-11/h13-17H,7-12H2,1-6H3,(H,23,27);11-15H,4-9H2,1-3H3/t14?,15?,16-,17-;12-,13-,14-,15-/m00/s1. The molecular formula is C40H62N4O9. The zero-order valence-electron chi connectivity index (χ0n) is 33.3. The number of piperidine rings is 2. The third-order valence-electron chi connectivity index (χ3n) is 13.5. The number of ether oxygens (including phenoxy) is 3. The topological polar surface area (TPSA) is 161 Å². The molecular weight excluding hydrogens is 680 g/mol. The first-order valence-corrected chi connectivity index (χ1v) is 19.7. The molecule has 6 aliphatic rings. The van der Waals surface area contributed by atoms with Gasteiger partial charge in [-0.1, -0.05) is 66.2 Å². The second kappa shape index (κ2) is 15.7. The van der Waals surface area contributed by atoms with Crippen LogP contribution in [0, 0.1) is 46.3 Å². The van der Waals surface area contributed by atoms with E-state index in [0.29, 0.717) is 24.9 Å². The lowest BCUT2D eigenvalue weighted by Crippen LogP contribution is -2.57. The molecule has 0 aromatic rings. The van der Waals surface area contributed by atoms with Crippen molar-refractivity contribution in [2.45, 2.75) is 142 Å². The van der Waals surface area contributed by atoms with Gasteiger partial charge >= 0.3 is 18.0 Å². The third kappa shape index (κ3) is 8.30. The van der Waals surface area contributed by atoms with Crippen LogP contribution in [0.15, 0.2) is 4.99 Å². The van der Waals surface area contributed by atoms with E-state index >= 15 is 0 Å². The fourth-order valence-electron chi connectivity index (χ4n) is 10.3. The SMILES string of the molecule is COC(=O)[C@@H]1C2C(CN1C(=O)[C@@H](NC(=O)OC(C)(C)C)C1CCCCC1)C2(C)C.COC(=O)[C@@H]1[C@@H]2[C@H](CN1C(=O)[C@@H](N=C=O)C1CCCCC1)C2(C)C. The molecule has 1 N–H and O–H groups in total. The summed E-state index contributed by atoms with van der Waals surface area (Å²) in [4.78, 5) is 82.0. The van der Waals surface area contributed by atoms with Gasteiger partial charge in [-0.15, -0.1) is 0 Å². The minimum atomic E-state index is -0.699. The maximum atomic E-state index is 13.6. The molecule has 4 aliphatic carbocycles. The van der Waals surface area contributed by atoms with Crippen LogP contribution < -0.4 is 5.32 Å². The van der Waals surface area contributed by atoms with Crippen LogP contribution in [0.4, 0.5) is 4.79 Å². The normalized spacial score (nSPS) is 30.9. The van der Waals surface area contributed by atoms with E-state index in [1.165, 1.54) is 14.2 Å². The summed E-state index contributed by atoms with van der Waals surface area (Å²) in [5, 5.41) is 2.84. The summed E-state index contributed by atoms with van der Waals surface area (Å²) in [5.74, 6) is -0.0990. The molecule has 296 valence electrons. The van der Waals surface area contributed by atoms with Gasteiger partial charge in [-0.2, -0.15) is 4.99 Å². The second-order valence-corrected chi connectivity index (χ2v) is 18.4. The van der Waals surface area contributed by atoms with Crippen LogP contribution in [0.1, 0.15) is 113 Å². The number of likely N-dealkylation sites (tertiary alicyclic amines) is 2. The van der Waals surface area contributed by atoms with E-state index < -0.39 is 35.9 Å². The van der Waals surface area contributed by atoms with Gasteiger partial charge in [0.05, 0.1) is 14.2 Å². The molecule has 0 spiro atoms. The van der Waals surface area contributed by atoms with E-state index in [1.54, 1.807) is 36.7 Å². The predicted molar refractivity (Wildman–Crippen MR) is 195 cm³/mol. The van der Waals surface area contributed by atoms with Gasteiger partial charge in [-0.25, -0.2) is 19.2 Å². The van der Waals surface area contributed by atoms with E-state index in [2.05, 4.69) is 38.0 Å². The summed E-state index contributed by atoms with van der Waals surface area (Å²) in [6.07, 6.45) is 11.1. The first-order chi connectivity index (χ1) is 24.9. The van der Waals surface area contributed by atoms with Crippen molar-refractivity contribution < 1.29 is 43.0 Å². The number of fused-ring (bicyclic) bond motifs is 2. The molecule has 13 heteroatoms. The fraction of sp³-hybridized carbons (Fsp3) is 0.850. The number of aliphatic imine (C=N–C) groups is 1. The van der Waals surface area contributed by atoms with Crippen molar-refractivity contribution in [1.29, 1.82) is 0 Å². The Bertz CT molecular complexity index is 1450. The lowest BCUT2D eigenvalue weighted by atomic mass is 9.83. The summed E-state index contributed by atoms with van der Waals surface area (Å²) >= 11 is 0. The molecule has 0 radical (unpaired) electrons. The van der Waals surface area contributed by atoms with Gasteiger partial charge in [0, 0.05) is 24.9 Å². The number of esters is 2. The summed E-state index contributed by atoms with van der Waals surface area (Å²) in [6, 6.07) is -2.48. The Morgan fingerprint density at radius 1 is 0.717 bits per heavy atom. The van der Waals surface area contributed by atoms with Crippen molar-refractivity contribution in [2.24, 2.45) is 51.3 Å². The van der Waals surface area contributed by atoms with Gasteiger partial charge in [0.1, 0.15) is 29.8 Å². The van der Waals surface area contributed by atoms with Crippen LogP contribution in [0.5, 0.6) is 0 Å². The first kappa shape index (κ1) is 40.7. The number of alkyl carbamates (subject to hydrolysis) is 1. The summed E-state index contributed by atoms with van der Waals surface area (Å²) in [7, 11) is 2.72. The van der Waals surface area contributed by atoms with E-state index in [4.69, 9.17) is 14.2 Å². The smallest absolute Gasteiger partial charge is 0.408 e. The largest absolute Gasteiger partial charge is 0.467 e. The van der Waals surface area contributed by atoms with Gasteiger partial charge < -0.3 is 29.3 Å². The molecule has 0 aromatic carbocycles. The summed E-state index contributed by atoms with van der Waals surface area (Å²) in [5.41, 5.74) is -0.545. The molecule has 2 aliphatic heterocycles. The first-order valence-electron chi connectivity index (χ1n) is 19.7. The van der Waals surface area contributed by atoms with Crippen LogP contribution in [0.3, 0.4) is 0 Å². The minimum Gasteiger partial charge on any atom is -0.467 e. The van der Waals surface area contributed by atoms with Crippen molar-refractivity contribution in [3.8, 4) is 0 Å². The molecule has 6 fully saturated rings. The lowest BCUT2D eigenvalue weighted by Gasteiger charge is -2.36. The second-order valence-electron chi connectivity index (χ2n) is 18.4.